The fourth-order valence-electron chi connectivity index (χ4n) is 2.43. The highest BCUT2D eigenvalue weighted by Gasteiger charge is 2.34. The number of rotatable bonds is 2. The molecule has 0 unspecified atom stereocenters. The maximum atomic E-state index is 12.7. The summed E-state index contributed by atoms with van der Waals surface area (Å²) in [6.07, 6.45) is 0.452. The van der Waals surface area contributed by atoms with Crippen molar-refractivity contribution in [3.05, 3.63) is 45.6 Å². The Morgan fingerprint density at radius 2 is 2.04 bits per heavy atom. The van der Waals surface area contributed by atoms with Crippen LogP contribution in [0.3, 0.4) is 0 Å². The van der Waals surface area contributed by atoms with Gasteiger partial charge in [-0.3, -0.25) is 19.1 Å². The second-order valence-electron chi connectivity index (χ2n) is 5.21. The molecule has 0 aliphatic carbocycles. The Balaban J connectivity index is 2.14. The van der Waals surface area contributed by atoms with E-state index in [-0.39, 0.29) is 24.5 Å². The number of hydrogen-bond donors (Lipinski definition) is 0. The van der Waals surface area contributed by atoms with Gasteiger partial charge in [0.15, 0.2) is 12.3 Å². The molecule has 1 aromatic carbocycles. The summed E-state index contributed by atoms with van der Waals surface area (Å²) in [6, 6.07) is 4.57. The minimum absolute atomic E-state index is 0.0352. The van der Waals surface area contributed by atoms with E-state index in [2.05, 4.69) is 10.9 Å². The molecular formula is C16H9ClF3N3O3. The first-order valence-electron chi connectivity index (χ1n) is 7.10. The molecule has 0 saturated carbocycles. The van der Waals surface area contributed by atoms with Crippen molar-refractivity contribution in [2.75, 3.05) is 18.1 Å². The van der Waals surface area contributed by atoms with Crippen LogP contribution in [0.4, 0.5) is 18.9 Å². The standard InChI is InChI=1S/C16H9ClF3N3O3/c1-2-5-22-10-6-9(3-4-11(10)26-8-14(22)25)23-13(24)7-12(16(18,19)20)21-15(23)17/h1,3-4,6-7H,5,8H2. The molecule has 3 rings (SSSR count). The molecule has 1 aliphatic heterocycles. The number of carbonyl (C=O) groups is 1. The van der Waals surface area contributed by atoms with Gasteiger partial charge in [-0.15, -0.1) is 6.42 Å². The first kappa shape index (κ1) is 17.8. The minimum Gasteiger partial charge on any atom is -0.482 e. The fourth-order valence-corrected chi connectivity index (χ4v) is 2.70. The van der Waals surface area contributed by atoms with Crippen LogP contribution >= 0.6 is 11.6 Å². The molecule has 0 fully saturated rings. The number of halogens is 4. The summed E-state index contributed by atoms with van der Waals surface area (Å²) < 4.78 is 44.3. The second kappa shape index (κ2) is 6.38. The Morgan fingerprint density at radius 3 is 2.65 bits per heavy atom. The van der Waals surface area contributed by atoms with E-state index in [0.29, 0.717) is 11.8 Å². The number of terminal acetylenes is 1. The van der Waals surface area contributed by atoms with Gasteiger partial charge in [0.05, 0.1) is 17.9 Å². The molecule has 0 saturated heterocycles. The molecule has 2 heterocycles. The number of carbonyl (C=O) groups excluding carboxylic acids is 1. The molecule has 1 aromatic heterocycles. The van der Waals surface area contributed by atoms with E-state index < -0.39 is 28.6 Å². The van der Waals surface area contributed by atoms with E-state index in [4.69, 9.17) is 22.8 Å². The third kappa shape index (κ3) is 3.11. The van der Waals surface area contributed by atoms with E-state index in [0.717, 1.165) is 4.57 Å². The number of ether oxygens (including phenoxy) is 1. The monoisotopic (exact) mass is 383 g/mol. The zero-order valence-corrected chi connectivity index (χ0v) is 13.6. The summed E-state index contributed by atoms with van der Waals surface area (Å²) in [6.45, 7) is -0.233. The van der Waals surface area contributed by atoms with Crippen LogP contribution in [-0.2, 0) is 11.0 Å². The van der Waals surface area contributed by atoms with Crippen LogP contribution < -0.4 is 15.2 Å². The van der Waals surface area contributed by atoms with Crippen LogP contribution in [0.1, 0.15) is 5.69 Å². The quantitative estimate of drug-likeness (QED) is 0.589. The van der Waals surface area contributed by atoms with Crippen molar-refractivity contribution in [3.63, 3.8) is 0 Å². The van der Waals surface area contributed by atoms with Crippen molar-refractivity contribution >= 4 is 23.2 Å². The van der Waals surface area contributed by atoms with Crippen molar-refractivity contribution < 1.29 is 22.7 Å². The number of benzene rings is 1. The van der Waals surface area contributed by atoms with Crippen LogP contribution in [0.2, 0.25) is 5.28 Å². The molecular weight excluding hydrogens is 375 g/mol. The lowest BCUT2D eigenvalue weighted by atomic mass is 10.2. The third-order valence-electron chi connectivity index (χ3n) is 3.56. The van der Waals surface area contributed by atoms with Gasteiger partial charge in [0, 0.05) is 6.07 Å². The SMILES string of the molecule is C#CCN1C(=O)COc2ccc(-n3c(Cl)nc(C(F)(F)F)cc3=O)cc21. The molecule has 0 N–H and O–H groups in total. The van der Waals surface area contributed by atoms with Crippen LogP contribution in [0.25, 0.3) is 5.69 Å². The highest BCUT2D eigenvalue weighted by atomic mass is 35.5. The number of hydrogen-bond acceptors (Lipinski definition) is 4. The van der Waals surface area contributed by atoms with Gasteiger partial charge in [-0.25, -0.2) is 4.98 Å². The Morgan fingerprint density at radius 1 is 1.31 bits per heavy atom. The Hall–Kier alpha value is -2.99. The summed E-state index contributed by atoms with van der Waals surface area (Å²) >= 11 is 5.79. The fraction of sp³-hybridized carbons (Fsp3) is 0.188. The Kier molecular flexibility index (Phi) is 4.38. The molecule has 0 spiro atoms. The molecule has 1 amide bonds. The lowest BCUT2D eigenvalue weighted by Gasteiger charge is -2.28. The molecule has 134 valence electrons. The summed E-state index contributed by atoms with van der Waals surface area (Å²) in [5, 5.41) is -0.670. The molecule has 6 nitrogen and oxygen atoms in total. The van der Waals surface area contributed by atoms with Gasteiger partial charge in [0.1, 0.15) is 5.75 Å². The van der Waals surface area contributed by atoms with E-state index in [1.807, 2.05) is 0 Å². The molecule has 10 heteroatoms. The normalized spacial score (nSPS) is 13.8. The summed E-state index contributed by atoms with van der Waals surface area (Å²) in [4.78, 5) is 28.6. The van der Waals surface area contributed by atoms with Crippen molar-refractivity contribution in [1.82, 2.24) is 9.55 Å². The zero-order chi connectivity index (χ0) is 19.1. The number of nitrogens with zero attached hydrogens (tertiary/aromatic N) is 3. The van der Waals surface area contributed by atoms with Crippen LogP contribution in [-0.4, -0.2) is 28.6 Å². The predicted octanol–water partition coefficient (Wildman–Crippen LogP) is 2.26. The number of anilines is 1. The largest absolute Gasteiger partial charge is 0.482 e. The number of fused-ring (bicyclic) bond motifs is 1. The number of alkyl halides is 3. The van der Waals surface area contributed by atoms with Crippen LogP contribution in [0.5, 0.6) is 5.75 Å². The molecule has 2 aromatic rings. The van der Waals surface area contributed by atoms with Gasteiger partial charge in [0.2, 0.25) is 5.28 Å². The lowest BCUT2D eigenvalue weighted by molar-refractivity contribution is -0.141. The summed E-state index contributed by atoms with van der Waals surface area (Å²) in [5.74, 6) is 2.28. The van der Waals surface area contributed by atoms with E-state index in [1.54, 1.807) is 0 Å². The summed E-state index contributed by atoms with van der Waals surface area (Å²) in [7, 11) is 0. The van der Waals surface area contributed by atoms with Gasteiger partial charge in [-0.2, -0.15) is 13.2 Å². The van der Waals surface area contributed by atoms with E-state index in [9.17, 15) is 22.8 Å². The Bertz CT molecular complexity index is 995. The van der Waals surface area contributed by atoms with Crippen molar-refractivity contribution in [2.45, 2.75) is 6.18 Å². The van der Waals surface area contributed by atoms with Gasteiger partial charge in [0.25, 0.3) is 11.5 Å². The van der Waals surface area contributed by atoms with Gasteiger partial charge < -0.3 is 4.74 Å². The van der Waals surface area contributed by atoms with Gasteiger partial charge in [-0.05, 0) is 29.8 Å². The smallest absolute Gasteiger partial charge is 0.433 e. The Labute approximate surface area is 149 Å². The third-order valence-corrected chi connectivity index (χ3v) is 3.81. The number of amides is 1. The predicted molar refractivity (Wildman–Crippen MR) is 86.5 cm³/mol. The molecule has 0 atom stereocenters. The highest BCUT2D eigenvalue weighted by Crippen LogP contribution is 2.34. The van der Waals surface area contributed by atoms with E-state index in [1.165, 1.54) is 23.1 Å². The van der Waals surface area contributed by atoms with Crippen LogP contribution in [0, 0.1) is 12.3 Å². The number of aromatic nitrogens is 2. The maximum Gasteiger partial charge on any atom is 0.433 e. The van der Waals surface area contributed by atoms with Crippen molar-refractivity contribution in [1.29, 1.82) is 0 Å². The minimum atomic E-state index is -4.80. The lowest BCUT2D eigenvalue weighted by Crippen LogP contribution is -2.39. The highest BCUT2D eigenvalue weighted by molar-refractivity contribution is 6.28. The van der Waals surface area contributed by atoms with Crippen molar-refractivity contribution in [3.8, 4) is 23.8 Å². The van der Waals surface area contributed by atoms with Gasteiger partial charge in [-0.1, -0.05) is 5.92 Å². The molecule has 1 aliphatic rings. The maximum absolute atomic E-state index is 12.7. The molecule has 0 radical (unpaired) electrons. The molecule has 26 heavy (non-hydrogen) atoms. The first-order chi connectivity index (χ1) is 12.2. The average molecular weight is 384 g/mol. The van der Waals surface area contributed by atoms with Crippen LogP contribution in [0.15, 0.2) is 29.1 Å². The van der Waals surface area contributed by atoms with E-state index >= 15 is 0 Å². The second-order valence-corrected chi connectivity index (χ2v) is 5.54. The van der Waals surface area contributed by atoms with Crippen molar-refractivity contribution in [2.24, 2.45) is 0 Å². The zero-order valence-electron chi connectivity index (χ0n) is 12.9. The topological polar surface area (TPSA) is 64.4 Å². The first-order valence-corrected chi connectivity index (χ1v) is 7.48. The average Bonchev–Trinajstić information content (AvgIpc) is 2.56. The summed E-state index contributed by atoms with van der Waals surface area (Å²) in [5.41, 5.74) is -2.03. The van der Waals surface area contributed by atoms with Gasteiger partial charge >= 0.3 is 6.18 Å². The molecule has 0 bridgehead atoms.